The number of aryl methyl sites for hydroxylation is 1. The maximum absolute atomic E-state index is 5.62. The summed E-state index contributed by atoms with van der Waals surface area (Å²) in [7, 11) is 0. The number of rotatable bonds is 9. The number of ether oxygens (including phenoxy) is 1. The first-order valence-corrected chi connectivity index (χ1v) is 7.59. The van der Waals surface area contributed by atoms with Gasteiger partial charge in [-0.3, -0.25) is 0 Å². The van der Waals surface area contributed by atoms with Gasteiger partial charge in [0.15, 0.2) is 0 Å². The molecule has 1 heteroatoms. The Bertz CT molecular complexity index is 362. The van der Waals surface area contributed by atoms with Crippen LogP contribution in [0.15, 0.2) is 30.5 Å². The monoisotopic (exact) mass is 260 g/mol. The molecule has 19 heavy (non-hydrogen) atoms. The molecular weight excluding hydrogens is 232 g/mol. The Balaban J connectivity index is 2.16. The van der Waals surface area contributed by atoms with E-state index in [-0.39, 0.29) is 0 Å². The summed E-state index contributed by atoms with van der Waals surface area (Å²) in [5.74, 6) is 0. The van der Waals surface area contributed by atoms with Gasteiger partial charge in [0, 0.05) is 0 Å². The SMILES string of the molecule is CCCCCCCCO/C=C(\C)c1ccc(C)cc1. The van der Waals surface area contributed by atoms with E-state index in [0.29, 0.717) is 0 Å². The van der Waals surface area contributed by atoms with E-state index >= 15 is 0 Å². The average molecular weight is 260 g/mol. The van der Waals surface area contributed by atoms with Gasteiger partial charge in [-0.25, -0.2) is 0 Å². The summed E-state index contributed by atoms with van der Waals surface area (Å²) < 4.78 is 5.62. The van der Waals surface area contributed by atoms with Crippen LogP contribution in [-0.2, 0) is 4.74 Å². The van der Waals surface area contributed by atoms with Gasteiger partial charge in [-0.2, -0.15) is 0 Å². The highest BCUT2D eigenvalue weighted by Gasteiger charge is 1.95. The number of hydrogen-bond acceptors (Lipinski definition) is 1. The zero-order chi connectivity index (χ0) is 13.9. The molecule has 0 saturated heterocycles. The van der Waals surface area contributed by atoms with Gasteiger partial charge in [0.2, 0.25) is 0 Å². The zero-order valence-corrected chi connectivity index (χ0v) is 12.7. The van der Waals surface area contributed by atoms with E-state index in [0.717, 1.165) is 6.61 Å². The molecule has 1 nitrogen and oxygen atoms in total. The van der Waals surface area contributed by atoms with Gasteiger partial charge in [-0.1, -0.05) is 68.9 Å². The van der Waals surface area contributed by atoms with Gasteiger partial charge in [-0.15, -0.1) is 0 Å². The van der Waals surface area contributed by atoms with Crippen molar-refractivity contribution in [3.8, 4) is 0 Å². The highest BCUT2D eigenvalue weighted by atomic mass is 16.5. The first-order valence-electron chi connectivity index (χ1n) is 7.59. The Morgan fingerprint density at radius 1 is 1.00 bits per heavy atom. The molecule has 0 bridgehead atoms. The molecule has 106 valence electrons. The molecule has 0 fully saturated rings. The Kier molecular flexibility index (Phi) is 8.04. The third-order valence-corrected chi connectivity index (χ3v) is 3.38. The molecule has 0 amide bonds. The Morgan fingerprint density at radius 2 is 1.63 bits per heavy atom. The van der Waals surface area contributed by atoms with Gasteiger partial charge in [0.05, 0.1) is 12.9 Å². The summed E-state index contributed by atoms with van der Waals surface area (Å²) >= 11 is 0. The van der Waals surface area contributed by atoms with Crippen molar-refractivity contribution in [3.63, 3.8) is 0 Å². The summed E-state index contributed by atoms with van der Waals surface area (Å²) in [5.41, 5.74) is 3.74. The molecule has 0 N–H and O–H groups in total. The minimum absolute atomic E-state index is 0.843. The normalized spacial score (nSPS) is 11.6. The molecule has 0 aliphatic rings. The highest BCUT2D eigenvalue weighted by molar-refractivity contribution is 5.62. The van der Waals surface area contributed by atoms with Crippen LogP contribution in [0.4, 0.5) is 0 Å². The molecule has 0 aliphatic carbocycles. The second kappa shape index (κ2) is 9.66. The lowest BCUT2D eigenvalue weighted by molar-refractivity contribution is 0.241. The third-order valence-electron chi connectivity index (χ3n) is 3.38. The molecule has 0 radical (unpaired) electrons. The van der Waals surface area contributed by atoms with Crippen LogP contribution in [-0.4, -0.2) is 6.61 Å². The second-order valence-corrected chi connectivity index (χ2v) is 5.31. The standard InChI is InChI=1S/C18H28O/c1-4-5-6-7-8-9-14-19-15-17(3)18-12-10-16(2)11-13-18/h10-13,15H,4-9,14H2,1-3H3/b17-15+. The summed E-state index contributed by atoms with van der Waals surface area (Å²) in [6.45, 7) is 7.31. The predicted octanol–water partition coefficient (Wildman–Crippen LogP) is 5.73. The Labute approximate surface area is 118 Å². The molecular formula is C18H28O. The summed E-state index contributed by atoms with van der Waals surface area (Å²) in [4.78, 5) is 0. The molecule has 0 unspecified atom stereocenters. The maximum Gasteiger partial charge on any atom is 0.0873 e. The van der Waals surface area contributed by atoms with Crippen LogP contribution in [0.25, 0.3) is 5.57 Å². The summed E-state index contributed by atoms with van der Waals surface area (Å²) in [5, 5.41) is 0. The van der Waals surface area contributed by atoms with Crippen molar-refractivity contribution < 1.29 is 4.74 Å². The van der Waals surface area contributed by atoms with E-state index in [4.69, 9.17) is 4.74 Å². The van der Waals surface area contributed by atoms with Crippen LogP contribution in [0.1, 0.15) is 63.5 Å². The molecule has 0 spiro atoms. The quantitative estimate of drug-likeness (QED) is 0.407. The number of benzene rings is 1. The second-order valence-electron chi connectivity index (χ2n) is 5.31. The molecule has 1 aromatic carbocycles. The third kappa shape index (κ3) is 7.05. The minimum atomic E-state index is 0.843. The van der Waals surface area contributed by atoms with E-state index in [1.165, 1.54) is 55.2 Å². The molecule has 1 rings (SSSR count). The van der Waals surface area contributed by atoms with Gasteiger partial charge in [0.25, 0.3) is 0 Å². The lowest BCUT2D eigenvalue weighted by Gasteiger charge is -2.05. The predicted molar refractivity (Wildman–Crippen MR) is 84.2 cm³/mol. The number of allylic oxidation sites excluding steroid dienone is 1. The van der Waals surface area contributed by atoms with Gasteiger partial charge >= 0.3 is 0 Å². The van der Waals surface area contributed by atoms with Gasteiger partial charge in [-0.05, 0) is 31.4 Å². The van der Waals surface area contributed by atoms with Crippen molar-refractivity contribution in [2.75, 3.05) is 6.61 Å². The Hall–Kier alpha value is -1.24. The van der Waals surface area contributed by atoms with Crippen LogP contribution in [0.5, 0.6) is 0 Å². The molecule has 0 heterocycles. The molecule has 0 atom stereocenters. The topological polar surface area (TPSA) is 9.23 Å². The van der Waals surface area contributed by atoms with Crippen molar-refractivity contribution in [1.82, 2.24) is 0 Å². The van der Waals surface area contributed by atoms with Gasteiger partial charge in [0.1, 0.15) is 0 Å². The van der Waals surface area contributed by atoms with Crippen LogP contribution in [0.3, 0.4) is 0 Å². The van der Waals surface area contributed by atoms with E-state index in [9.17, 15) is 0 Å². The van der Waals surface area contributed by atoms with Crippen LogP contribution in [0, 0.1) is 6.92 Å². The van der Waals surface area contributed by atoms with Crippen molar-refractivity contribution in [2.24, 2.45) is 0 Å². The van der Waals surface area contributed by atoms with E-state index in [1.54, 1.807) is 0 Å². The van der Waals surface area contributed by atoms with Crippen molar-refractivity contribution >= 4 is 5.57 Å². The first-order chi connectivity index (χ1) is 9.24. The fourth-order valence-corrected chi connectivity index (χ4v) is 2.03. The number of hydrogen-bond donors (Lipinski definition) is 0. The number of unbranched alkanes of at least 4 members (excludes halogenated alkanes) is 5. The molecule has 0 aromatic heterocycles. The summed E-state index contributed by atoms with van der Waals surface area (Å²) in [6, 6.07) is 8.57. The van der Waals surface area contributed by atoms with Gasteiger partial charge < -0.3 is 4.74 Å². The largest absolute Gasteiger partial charge is 0.501 e. The van der Waals surface area contributed by atoms with Crippen LogP contribution < -0.4 is 0 Å². The average Bonchev–Trinajstić information content (AvgIpc) is 2.42. The summed E-state index contributed by atoms with van der Waals surface area (Å²) in [6.07, 6.45) is 9.75. The molecule has 0 aliphatic heterocycles. The molecule has 1 aromatic rings. The minimum Gasteiger partial charge on any atom is -0.501 e. The van der Waals surface area contributed by atoms with E-state index < -0.39 is 0 Å². The first kappa shape index (κ1) is 15.8. The van der Waals surface area contributed by atoms with Crippen LogP contribution >= 0.6 is 0 Å². The molecule has 0 saturated carbocycles. The highest BCUT2D eigenvalue weighted by Crippen LogP contribution is 2.14. The van der Waals surface area contributed by atoms with E-state index in [1.807, 2.05) is 6.26 Å². The van der Waals surface area contributed by atoms with Crippen molar-refractivity contribution in [2.45, 2.75) is 59.3 Å². The van der Waals surface area contributed by atoms with Crippen molar-refractivity contribution in [3.05, 3.63) is 41.7 Å². The lowest BCUT2D eigenvalue weighted by Crippen LogP contribution is -1.89. The van der Waals surface area contributed by atoms with Crippen molar-refractivity contribution in [1.29, 1.82) is 0 Å². The maximum atomic E-state index is 5.62. The smallest absolute Gasteiger partial charge is 0.0873 e. The van der Waals surface area contributed by atoms with E-state index in [2.05, 4.69) is 45.0 Å². The lowest BCUT2D eigenvalue weighted by atomic mass is 10.1. The zero-order valence-electron chi connectivity index (χ0n) is 12.7. The fourth-order valence-electron chi connectivity index (χ4n) is 2.03. The fraction of sp³-hybridized carbons (Fsp3) is 0.556. The van der Waals surface area contributed by atoms with Crippen LogP contribution in [0.2, 0.25) is 0 Å². The Morgan fingerprint density at radius 3 is 2.32 bits per heavy atom.